The van der Waals surface area contributed by atoms with Crippen molar-refractivity contribution < 1.29 is 21.6 Å². The molecule has 0 heterocycles. The van der Waals surface area contributed by atoms with Crippen molar-refractivity contribution >= 4 is 10.0 Å². The van der Waals surface area contributed by atoms with E-state index in [0.717, 1.165) is 5.56 Å². The molecule has 3 nitrogen and oxygen atoms in total. The first-order valence-electron chi connectivity index (χ1n) is 6.91. The Morgan fingerprint density at radius 2 is 1.30 bits per heavy atom. The second kappa shape index (κ2) is 6.72. The summed E-state index contributed by atoms with van der Waals surface area (Å²) in [7, 11) is -5.45. The van der Waals surface area contributed by atoms with Gasteiger partial charge in [-0.1, -0.05) is 67.6 Å². The molecule has 0 bridgehead atoms. The summed E-state index contributed by atoms with van der Waals surface area (Å²) in [6, 6.07) is 16.0. The summed E-state index contributed by atoms with van der Waals surface area (Å²) in [5.74, 6) is -0.476. The van der Waals surface area contributed by atoms with Crippen LogP contribution in [-0.2, 0) is 10.0 Å². The quantitative estimate of drug-likeness (QED) is 0.893. The standard InChI is InChI=1S/C16H16F3NO2S/c1-12(13-8-4-2-5-9-13)15(14-10-6-3-7-11-14)20-23(21,22)16(17,18)19/h2-12,15,20H,1H3/t12-,15+/m1/s1. The third kappa shape index (κ3) is 4.11. The van der Waals surface area contributed by atoms with Crippen molar-refractivity contribution in [1.29, 1.82) is 0 Å². The van der Waals surface area contributed by atoms with Gasteiger partial charge in [0.1, 0.15) is 0 Å². The Morgan fingerprint density at radius 1 is 0.870 bits per heavy atom. The molecule has 0 radical (unpaired) electrons. The van der Waals surface area contributed by atoms with Gasteiger partial charge in [-0.3, -0.25) is 0 Å². The number of rotatable bonds is 5. The van der Waals surface area contributed by atoms with E-state index in [1.54, 1.807) is 72.3 Å². The molecule has 0 aliphatic rings. The zero-order valence-electron chi connectivity index (χ0n) is 12.3. The van der Waals surface area contributed by atoms with Gasteiger partial charge in [0.15, 0.2) is 0 Å². The number of benzene rings is 2. The predicted octanol–water partition coefficient (Wildman–Crippen LogP) is 3.97. The lowest BCUT2D eigenvalue weighted by Crippen LogP contribution is -2.40. The highest BCUT2D eigenvalue weighted by atomic mass is 32.2. The molecule has 23 heavy (non-hydrogen) atoms. The van der Waals surface area contributed by atoms with Gasteiger partial charge in [-0.2, -0.15) is 17.9 Å². The molecule has 1 N–H and O–H groups in total. The number of sulfonamides is 1. The maximum atomic E-state index is 12.7. The van der Waals surface area contributed by atoms with E-state index in [4.69, 9.17) is 0 Å². The monoisotopic (exact) mass is 343 g/mol. The number of alkyl halides is 3. The largest absolute Gasteiger partial charge is 0.511 e. The van der Waals surface area contributed by atoms with E-state index in [9.17, 15) is 21.6 Å². The Kier molecular flexibility index (Phi) is 5.11. The molecule has 0 fully saturated rings. The number of hydrogen-bond donors (Lipinski definition) is 1. The minimum Gasteiger partial charge on any atom is -0.203 e. The minimum absolute atomic E-state index is 0.469. The number of nitrogens with one attached hydrogen (secondary N) is 1. The first-order valence-corrected chi connectivity index (χ1v) is 8.39. The fourth-order valence-corrected chi connectivity index (χ4v) is 3.11. The maximum Gasteiger partial charge on any atom is 0.511 e. The van der Waals surface area contributed by atoms with E-state index in [-0.39, 0.29) is 0 Å². The van der Waals surface area contributed by atoms with E-state index in [2.05, 4.69) is 0 Å². The molecule has 2 atom stereocenters. The lowest BCUT2D eigenvalue weighted by atomic mass is 9.89. The Labute approximate surface area is 133 Å². The highest BCUT2D eigenvalue weighted by Gasteiger charge is 2.47. The average molecular weight is 343 g/mol. The number of halogens is 3. The number of hydrogen-bond acceptors (Lipinski definition) is 2. The predicted molar refractivity (Wildman–Crippen MR) is 82.2 cm³/mol. The first-order chi connectivity index (χ1) is 10.7. The molecule has 7 heteroatoms. The van der Waals surface area contributed by atoms with Gasteiger partial charge in [0, 0.05) is 5.92 Å². The Hall–Kier alpha value is -1.86. The first kappa shape index (κ1) is 17.5. The lowest BCUT2D eigenvalue weighted by molar-refractivity contribution is -0.0451. The van der Waals surface area contributed by atoms with E-state index in [0.29, 0.717) is 5.56 Å². The molecule has 2 rings (SSSR count). The maximum absolute atomic E-state index is 12.7. The second-order valence-electron chi connectivity index (χ2n) is 5.15. The summed E-state index contributed by atoms with van der Waals surface area (Å²) >= 11 is 0. The Morgan fingerprint density at radius 3 is 1.74 bits per heavy atom. The van der Waals surface area contributed by atoms with Gasteiger partial charge >= 0.3 is 15.5 Å². The Balaban J connectivity index is 2.42. The van der Waals surface area contributed by atoms with E-state index in [1.807, 2.05) is 0 Å². The molecular weight excluding hydrogens is 327 g/mol. The molecule has 0 saturated heterocycles. The van der Waals surface area contributed by atoms with Crippen LogP contribution in [0.3, 0.4) is 0 Å². The zero-order chi connectivity index (χ0) is 17.1. The van der Waals surface area contributed by atoms with Crippen molar-refractivity contribution in [2.45, 2.75) is 24.4 Å². The lowest BCUT2D eigenvalue weighted by Gasteiger charge is -2.26. The second-order valence-corrected chi connectivity index (χ2v) is 6.86. The summed E-state index contributed by atoms with van der Waals surface area (Å²) in [5.41, 5.74) is -4.14. The normalized spacial score (nSPS) is 15.1. The zero-order valence-corrected chi connectivity index (χ0v) is 13.1. The van der Waals surface area contributed by atoms with Crippen LogP contribution in [-0.4, -0.2) is 13.9 Å². The SMILES string of the molecule is C[C@H](c1ccccc1)[C@H](NS(=O)(=O)C(F)(F)F)c1ccccc1. The highest BCUT2D eigenvalue weighted by Crippen LogP contribution is 2.33. The van der Waals surface area contributed by atoms with Crippen LogP contribution in [0, 0.1) is 0 Å². The molecule has 0 aromatic heterocycles. The highest BCUT2D eigenvalue weighted by molar-refractivity contribution is 7.90. The third-order valence-electron chi connectivity index (χ3n) is 3.57. The topological polar surface area (TPSA) is 46.2 Å². The van der Waals surface area contributed by atoms with Gasteiger partial charge in [0.05, 0.1) is 6.04 Å². The average Bonchev–Trinajstić information content (AvgIpc) is 2.52. The van der Waals surface area contributed by atoms with Crippen LogP contribution in [0.4, 0.5) is 13.2 Å². The fraction of sp³-hybridized carbons (Fsp3) is 0.250. The van der Waals surface area contributed by atoms with Gasteiger partial charge < -0.3 is 0 Å². The van der Waals surface area contributed by atoms with Crippen molar-refractivity contribution in [3.63, 3.8) is 0 Å². The molecule has 0 spiro atoms. The molecule has 0 saturated carbocycles. The smallest absolute Gasteiger partial charge is 0.203 e. The van der Waals surface area contributed by atoms with Gasteiger partial charge in [-0.25, -0.2) is 8.42 Å². The summed E-state index contributed by atoms with van der Waals surface area (Å²) in [6.45, 7) is 1.69. The van der Waals surface area contributed by atoms with Gasteiger partial charge in [0.2, 0.25) is 0 Å². The van der Waals surface area contributed by atoms with Crippen LogP contribution in [0.5, 0.6) is 0 Å². The van der Waals surface area contributed by atoms with E-state index in [1.165, 1.54) is 0 Å². The molecule has 0 aliphatic heterocycles. The summed E-state index contributed by atoms with van der Waals surface area (Å²) in [6.07, 6.45) is 0. The van der Waals surface area contributed by atoms with Crippen molar-refractivity contribution in [2.75, 3.05) is 0 Å². The van der Waals surface area contributed by atoms with E-state index < -0.39 is 27.5 Å². The van der Waals surface area contributed by atoms with Crippen LogP contribution in [0.25, 0.3) is 0 Å². The van der Waals surface area contributed by atoms with Crippen molar-refractivity contribution in [1.82, 2.24) is 4.72 Å². The van der Waals surface area contributed by atoms with Gasteiger partial charge in [0.25, 0.3) is 0 Å². The molecule has 2 aromatic carbocycles. The van der Waals surface area contributed by atoms with Crippen molar-refractivity contribution in [2.24, 2.45) is 0 Å². The van der Waals surface area contributed by atoms with Crippen LogP contribution < -0.4 is 4.72 Å². The molecule has 0 amide bonds. The summed E-state index contributed by atoms with van der Waals surface area (Å²) in [4.78, 5) is 0. The van der Waals surface area contributed by atoms with Crippen molar-refractivity contribution in [3.05, 3.63) is 71.8 Å². The summed E-state index contributed by atoms with van der Waals surface area (Å²) in [5, 5.41) is 0. The molecule has 2 aromatic rings. The molecule has 124 valence electrons. The van der Waals surface area contributed by atoms with Crippen LogP contribution >= 0.6 is 0 Å². The Bertz CT molecular complexity index is 731. The fourth-order valence-electron chi connectivity index (χ4n) is 2.30. The minimum atomic E-state index is -5.45. The van der Waals surface area contributed by atoms with E-state index >= 15 is 0 Å². The third-order valence-corrected chi connectivity index (χ3v) is 4.74. The van der Waals surface area contributed by atoms with Crippen LogP contribution in [0.15, 0.2) is 60.7 Å². The molecular formula is C16H16F3NO2S. The molecule has 0 unspecified atom stereocenters. The summed E-state index contributed by atoms with van der Waals surface area (Å²) < 4.78 is 63.0. The van der Waals surface area contributed by atoms with Gasteiger partial charge in [-0.15, -0.1) is 0 Å². The molecule has 0 aliphatic carbocycles. The van der Waals surface area contributed by atoms with Crippen molar-refractivity contribution in [3.8, 4) is 0 Å². The van der Waals surface area contributed by atoms with Gasteiger partial charge in [-0.05, 0) is 11.1 Å². The van der Waals surface area contributed by atoms with Crippen LogP contribution in [0.2, 0.25) is 0 Å². The van der Waals surface area contributed by atoms with Crippen LogP contribution in [0.1, 0.15) is 30.0 Å².